The lowest BCUT2D eigenvalue weighted by Crippen LogP contribution is -2.37. The topological polar surface area (TPSA) is 52.6 Å². The van der Waals surface area contributed by atoms with Crippen molar-refractivity contribution in [3.63, 3.8) is 0 Å². The summed E-state index contributed by atoms with van der Waals surface area (Å²) in [6.07, 6.45) is 0. The zero-order chi connectivity index (χ0) is 29.0. The molecule has 0 aliphatic carbocycles. The van der Waals surface area contributed by atoms with E-state index in [9.17, 15) is 9.59 Å². The Morgan fingerprint density at radius 1 is 0.372 bits per heavy atom. The average Bonchev–Trinajstić information content (AvgIpc) is 3.08. The Bertz CT molecular complexity index is 1910. The van der Waals surface area contributed by atoms with E-state index in [1.54, 1.807) is 0 Å². The quantitative estimate of drug-likeness (QED) is 0.203. The molecule has 0 unspecified atom stereocenters. The Hall–Kier alpha value is -5.74. The van der Waals surface area contributed by atoms with Gasteiger partial charge in [-0.15, -0.1) is 0 Å². The van der Waals surface area contributed by atoms with Gasteiger partial charge in [0.15, 0.2) is 11.6 Å². The molecule has 0 fully saturated rings. The highest BCUT2D eigenvalue weighted by atomic mass is 16.5. The number of ether oxygens (including phenoxy) is 2. The second-order valence-electron chi connectivity index (χ2n) is 10.8. The molecule has 1 spiro atoms. The summed E-state index contributed by atoms with van der Waals surface area (Å²) >= 11 is 0. The van der Waals surface area contributed by atoms with E-state index < -0.39 is 5.41 Å². The third-order valence-electron chi connectivity index (χ3n) is 8.39. The minimum Gasteiger partial charge on any atom is -0.457 e. The van der Waals surface area contributed by atoms with Crippen molar-refractivity contribution >= 4 is 11.6 Å². The summed E-state index contributed by atoms with van der Waals surface area (Å²) in [6, 6.07) is 45.7. The number of ketones is 2. The zero-order valence-electron chi connectivity index (χ0n) is 23.0. The molecule has 0 saturated heterocycles. The summed E-state index contributed by atoms with van der Waals surface area (Å²) in [5.74, 6) is 2.55. The Kier molecular flexibility index (Phi) is 5.63. The first-order valence-corrected chi connectivity index (χ1v) is 14.2. The molecule has 2 aliphatic heterocycles. The summed E-state index contributed by atoms with van der Waals surface area (Å²) in [6.45, 7) is 0. The van der Waals surface area contributed by atoms with Crippen LogP contribution in [0.5, 0.6) is 23.0 Å². The van der Waals surface area contributed by atoms with Crippen LogP contribution in [0.1, 0.15) is 54.1 Å². The van der Waals surface area contributed by atoms with E-state index >= 15 is 0 Å². The largest absolute Gasteiger partial charge is 0.457 e. The number of hydrogen-bond acceptors (Lipinski definition) is 4. The SMILES string of the molecule is O=C(c1ccccc1)c1ccc2c(c1)C1(c3ccccc3Oc3ccccc31)c1cc(C(=O)c3ccccc3)ccc1O2. The Morgan fingerprint density at radius 2 is 0.744 bits per heavy atom. The van der Waals surface area contributed by atoms with Crippen LogP contribution in [0.2, 0.25) is 0 Å². The van der Waals surface area contributed by atoms with E-state index in [0.29, 0.717) is 45.3 Å². The summed E-state index contributed by atoms with van der Waals surface area (Å²) < 4.78 is 13.0. The van der Waals surface area contributed by atoms with Crippen molar-refractivity contribution in [3.8, 4) is 23.0 Å². The summed E-state index contributed by atoms with van der Waals surface area (Å²) in [5.41, 5.74) is 4.84. The number of hydrogen-bond donors (Lipinski definition) is 0. The highest BCUT2D eigenvalue weighted by Gasteiger charge is 2.51. The standard InChI is InChI=1S/C39H24O4/c40-37(25-11-3-1-4-12-25)27-19-21-35-31(23-27)39(29-15-7-9-17-33(29)42-34-18-10-8-16-30(34)39)32-24-28(20-22-36(32)43-35)38(41)26-13-5-2-6-14-26/h1-24H. The number of carbonyl (C=O) groups is 2. The van der Waals surface area contributed by atoms with E-state index in [4.69, 9.17) is 9.47 Å². The zero-order valence-corrected chi connectivity index (χ0v) is 23.0. The predicted molar refractivity (Wildman–Crippen MR) is 165 cm³/mol. The molecular formula is C39H24O4. The maximum Gasteiger partial charge on any atom is 0.193 e. The van der Waals surface area contributed by atoms with Gasteiger partial charge in [0.05, 0.1) is 5.41 Å². The van der Waals surface area contributed by atoms with Gasteiger partial charge in [-0.3, -0.25) is 9.59 Å². The van der Waals surface area contributed by atoms with Crippen LogP contribution in [0.15, 0.2) is 146 Å². The minimum atomic E-state index is -0.922. The van der Waals surface area contributed by atoms with Crippen LogP contribution >= 0.6 is 0 Å². The number of carbonyl (C=O) groups excluding carboxylic acids is 2. The van der Waals surface area contributed by atoms with Gasteiger partial charge in [-0.25, -0.2) is 0 Å². The lowest BCUT2D eigenvalue weighted by molar-refractivity contribution is 0.103. The fourth-order valence-corrected chi connectivity index (χ4v) is 6.46. The van der Waals surface area contributed by atoms with Crippen molar-refractivity contribution in [2.75, 3.05) is 0 Å². The monoisotopic (exact) mass is 556 g/mol. The van der Waals surface area contributed by atoms with Crippen LogP contribution in [0.3, 0.4) is 0 Å². The second-order valence-corrected chi connectivity index (χ2v) is 10.8. The third-order valence-corrected chi connectivity index (χ3v) is 8.39. The van der Waals surface area contributed by atoms with Crippen LogP contribution in [0.4, 0.5) is 0 Å². The van der Waals surface area contributed by atoms with Gasteiger partial charge in [0.25, 0.3) is 0 Å². The van der Waals surface area contributed by atoms with Gasteiger partial charge in [0.2, 0.25) is 0 Å². The molecule has 0 saturated carbocycles. The third kappa shape index (κ3) is 3.77. The van der Waals surface area contributed by atoms with Gasteiger partial charge in [-0.1, -0.05) is 97.1 Å². The molecule has 0 aromatic heterocycles. The lowest BCUT2D eigenvalue weighted by atomic mass is 9.62. The fraction of sp³-hybridized carbons (Fsp3) is 0.0256. The maximum absolute atomic E-state index is 13.7. The van der Waals surface area contributed by atoms with Gasteiger partial charge in [0, 0.05) is 44.5 Å². The molecule has 2 aliphatic rings. The van der Waals surface area contributed by atoms with Crippen molar-refractivity contribution in [3.05, 3.63) is 190 Å². The van der Waals surface area contributed by atoms with Crippen molar-refractivity contribution in [1.82, 2.24) is 0 Å². The molecule has 0 N–H and O–H groups in total. The number of rotatable bonds is 4. The van der Waals surface area contributed by atoms with Gasteiger partial charge >= 0.3 is 0 Å². The normalized spacial score (nSPS) is 13.4. The molecule has 4 nitrogen and oxygen atoms in total. The molecule has 0 bridgehead atoms. The predicted octanol–water partition coefficient (Wildman–Crippen LogP) is 8.74. The first-order valence-electron chi connectivity index (χ1n) is 14.2. The smallest absolute Gasteiger partial charge is 0.193 e. The molecule has 0 atom stereocenters. The minimum absolute atomic E-state index is 0.0778. The average molecular weight is 557 g/mol. The Labute approximate surface area is 248 Å². The van der Waals surface area contributed by atoms with Crippen LogP contribution in [-0.4, -0.2) is 11.6 Å². The van der Waals surface area contributed by atoms with E-state index in [-0.39, 0.29) is 11.6 Å². The van der Waals surface area contributed by atoms with E-state index in [0.717, 1.165) is 22.3 Å². The lowest BCUT2D eigenvalue weighted by Gasteiger charge is -2.45. The van der Waals surface area contributed by atoms with Crippen LogP contribution < -0.4 is 9.47 Å². The summed E-state index contributed by atoms with van der Waals surface area (Å²) in [5, 5.41) is 0. The van der Waals surface area contributed by atoms with Crippen LogP contribution in [-0.2, 0) is 5.41 Å². The number of para-hydroxylation sites is 2. The molecule has 6 aromatic carbocycles. The number of fused-ring (bicyclic) bond motifs is 8. The molecule has 0 amide bonds. The van der Waals surface area contributed by atoms with Crippen molar-refractivity contribution < 1.29 is 19.1 Å². The first-order chi connectivity index (χ1) is 21.1. The second kappa shape index (κ2) is 9.68. The molecule has 2 heterocycles. The Balaban J connectivity index is 1.44. The van der Waals surface area contributed by atoms with E-state index in [2.05, 4.69) is 12.1 Å². The van der Waals surface area contributed by atoms with Gasteiger partial charge in [-0.05, 0) is 48.5 Å². The van der Waals surface area contributed by atoms with Gasteiger partial charge in [-0.2, -0.15) is 0 Å². The highest BCUT2D eigenvalue weighted by Crippen LogP contribution is 2.61. The van der Waals surface area contributed by atoms with Crippen molar-refractivity contribution in [2.24, 2.45) is 0 Å². The number of benzene rings is 6. The van der Waals surface area contributed by atoms with E-state index in [1.807, 2.05) is 133 Å². The summed E-state index contributed by atoms with van der Waals surface area (Å²) in [4.78, 5) is 27.5. The molecule has 6 aromatic rings. The van der Waals surface area contributed by atoms with Crippen molar-refractivity contribution in [2.45, 2.75) is 5.41 Å². The highest BCUT2D eigenvalue weighted by molar-refractivity contribution is 6.10. The maximum atomic E-state index is 13.7. The van der Waals surface area contributed by atoms with Gasteiger partial charge in [0.1, 0.15) is 23.0 Å². The van der Waals surface area contributed by atoms with Crippen LogP contribution in [0.25, 0.3) is 0 Å². The van der Waals surface area contributed by atoms with Crippen molar-refractivity contribution in [1.29, 1.82) is 0 Å². The fourth-order valence-electron chi connectivity index (χ4n) is 6.46. The first kappa shape index (κ1) is 25.0. The molecule has 43 heavy (non-hydrogen) atoms. The Morgan fingerprint density at radius 3 is 1.19 bits per heavy atom. The molecule has 4 heteroatoms. The molecular weight excluding hydrogens is 532 g/mol. The molecule has 0 radical (unpaired) electrons. The van der Waals surface area contributed by atoms with Crippen LogP contribution in [0, 0.1) is 0 Å². The molecule has 204 valence electrons. The van der Waals surface area contributed by atoms with Gasteiger partial charge < -0.3 is 9.47 Å². The van der Waals surface area contributed by atoms with E-state index in [1.165, 1.54) is 0 Å². The molecule has 8 rings (SSSR count). The summed E-state index contributed by atoms with van der Waals surface area (Å²) in [7, 11) is 0.